The number of carbonyl (C=O) groups is 3. The van der Waals surface area contributed by atoms with Crippen LogP contribution in [0.5, 0.6) is 0 Å². The van der Waals surface area contributed by atoms with E-state index in [0.29, 0.717) is 17.9 Å². The van der Waals surface area contributed by atoms with Gasteiger partial charge in [0.25, 0.3) is 0 Å². The van der Waals surface area contributed by atoms with Crippen LogP contribution < -0.4 is 21.3 Å². The fourth-order valence-electron chi connectivity index (χ4n) is 2.39. The van der Waals surface area contributed by atoms with Gasteiger partial charge in [0.15, 0.2) is 0 Å². The van der Waals surface area contributed by atoms with Crippen molar-refractivity contribution >= 4 is 29.2 Å². The Balaban J connectivity index is 1.73. The van der Waals surface area contributed by atoms with Gasteiger partial charge in [0.05, 0.1) is 6.42 Å². The minimum Gasteiger partial charge on any atom is -0.355 e. The van der Waals surface area contributed by atoms with Crippen molar-refractivity contribution in [1.82, 2.24) is 10.6 Å². The number of anilines is 2. The largest absolute Gasteiger partial charge is 0.355 e. The van der Waals surface area contributed by atoms with Gasteiger partial charge in [-0.3, -0.25) is 9.59 Å². The zero-order chi connectivity index (χ0) is 19.5. The molecule has 0 unspecified atom stereocenters. The second kappa shape index (κ2) is 10.6. The van der Waals surface area contributed by atoms with Crippen molar-refractivity contribution in [3.63, 3.8) is 0 Å². The Kier molecular flexibility index (Phi) is 7.84. The van der Waals surface area contributed by atoms with Gasteiger partial charge in [-0.15, -0.1) is 0 Å². The van der Waals surface area contributed by atoms with Crippen LogP contribution in [0.25, 0.3) is 0 Å². The summed E-state index contributed by atoms with van der Waals surface area (Å²) in [7, 11) is 0. The quantitative estimate of drug-likeness (QED) is 0.576. The second-order valence-electron chi connectivity index (χ2n) is 5.88. The lowest BCUT2D eigenvalue weighted by molar-refractivity contribution is -0.120. The van der Waals surface area contributed by atoms with E-state index in [0.717, 1.165) is 5.56 Å². The summed E-state index contributed by atoms with van der Waals surface area (Å²) in [6, 6.07) is 16.0. The van der Waals surface area contributed by atoms with Crippen molar-refractivity contribution in [2.45, 2.75) is 19.8 Å². The van der Waals surface area contributed by atoms with E-state index in [1.54, 1.807) is 24.3 Å². The first-order valence-corrected chi connectivity index (χ1v) is 8.82. The second-order valence-corrected chi connectivity index (χ2v) is 5.88. The number of nitrogens with one attached hydrogen (secondary N) is 4. The highest BCUT2D eigenvalue weighted by Gasteiger charge is 2.07. The molecule has 0 aliphatic heterocycles. The molecule has 0 heterocycles. The summed E-state index contributed by atoms with van der Waals surface area (Å²) in [5.41, 5.74) is 2.08. The van der Waals surface area contributed by atoms with Crippen molar-refractivity contribution in [3.05, 3.63) is 60.2 Å². The number of benzene rings is 2. The topological polar surface area (TPSA) is 99.3 Å². The van der Waals surface area contributed by atoms with E-state index in [2.05, 4.69) is 21.3 Å². The van der Waals surface area contributed by atoms with Crippen molar-refractivity contribution in [2.75, 3.05) is 23.7 Å². The Morgan fingerprint density at radius 1 is 0.815 bits per heavy atom. The average molecular weight is 368 g/mol. The molecule has 7 nitrogen and oxygen atoms in total. The molecule has 2 rings (SSSR count). The molecule has 0 saturated carbocycles. The van der Waals surface area contributed by atoms with E-state index in [4.69, 9.17) is 0 Å². The molecule has 7 heteroatoms. The lowest BCUT2D eigenvalue weighted by atomic mass is 10.1. The summed E-state index contributed by atoms with van der Waals surface area (Å²) >= 11 is 0. The minimum absolute atomic E-state index is 0.123. The number of carbonyl (C=O) groups excluding carboxylic acids is 3. The van der Waals surface area contributed by atoms with Gasteiger partial charge in [-0.1, -0.05) is 36.4 Å². The van der Waals surface area contributed by atoms with E-state index < -0.39 is 0 Å². The van der Waals surface area contributed by atoms with Gasteiger partial charge >= 0.3 is 6.03 Å². The molecule has 0 spiro atoms. The summed E-state index contributed by atoms with van der Waals surface area (Å²) in [5.74, 6) is -0.340. The maximum atomic E-state index is 12.0. The van der Waals surface area contributed by atoms with Gasteiger partial charge in [-0.25, -0.2) is 4.79 Å². The third-order valence-electron chi connectivity index (χ3n) is 3.62. The zero-order valence-electron chi connectivity index (χ0n) is 15.2. The normalized spacial score (nSPS) is 9.96. The Hall–Kier alpha value is -3.35. The fraction of sp³-hybridized carbons (Fsp3) is 0.250. The Morgan fingerprint density at radius 2 is 1.52 bits per heavy atom. The van der Waals surface area contributed by atoms with Crippen LogP contribution >= 0.6 is 0 Å². The smallest absolute Gasteiger partial charge is 0.319 e. The molecule has 4 N–H and O–H groups in total. The molecule has 0 radical (unpaired) electrons. The first-order valence-electron chi connectivity index (χ1n) is 8.82. The van der Waals surface area contributed by atoms with E-state index in [-0.39, 0.29) is 37.2 Å². The van der Waals surface area contributed by atoms with Crippen LogP contribution in [-0.4, -0.2) is 30.9 Å². The van der Waals surface area contributed by atoms with E-state index >= 15 is 0 Å². The Morgan fingerprint density at radius 3 is 2.22 bits per heavy atom. The van der Waals surface area contributed by atoms with E-state index in [1.807, 2.05) is 37.3 Å². The predicted molar refractivity (Wildman–Crippen MR) is 106 cm³/mol. The van der Waals surface area contributed by atoms with E-state index in [1.165, 1.54) is 0 Å². The molecule has 0 saturated heterocycles. The molecule has 0 aromatic heterocycles. The maximum Gasteiger partial charge on any atom is 0.319 e. The van der Waals surface area contributed by atoms with Crippen molar-refractivity contribution in [1.29, 1.82) is 0 Å². The monoisotopic (exact) mass is 368 g/mol. The predicted octanol–water partition coefficient (Wildman–Crippen LogP) is 2.52. The van der Waals surface area contributed by atoms with Gasteiger partial charge in [0.1, 0.15) is 0 Å². The first-order chi connectivity index (χ1) is 13.1. The highest BCUT2D eigenvalue weighted by Crippen LogP contribution is 2.15. The summed E-state index contributed by atoms with van der Waals surface area (Å²) in [6.07, 6.45) is 0.449. The molecule has 2 aromatic carbocycles. The molecule has 0 atom stereocenters. The molecule has 0 bridgehead atoms. The summed E-state index contributed by atoms with van der Waals surface area (Å²) in [5, 5.41) is 10.8. The van der Waals surface area contributed by atoms with Gasteiger partial charge in [-0.05, 0) is 30.7 Å². The van der Waals surface area contributed by atoms with Gasteiger partial charge < -0.3 is 21.3 Å². The van der Waals surface area contributed by atoms with Crippen LogP contribution in [0.3, 0.4) is 0 Å². The van der Waals surface area contributed by atoms with Crippen LogP contribution in [0, 0.1) is 0 Å². The molecule has 0 fully saturated rings. The highest BCUT2D eigenvalue weighted by atomic mass is 16.2. The zero-order valence-corrected chi connectivity index (χ0v) is 15.2. The summed E-state index contributed by atoms with van der Waals surface area (Å²) in [4.78, 5) is 35.4. The van der Waals surface area contributed by atoms with Crippen LogP contribution in [0.2, 0.25) is 0 Å². The molecule has 142 valence electrons. The molecular formula is C20H24N4O3. The SMILES string of the molecule is CCNC(=O)Nc1cccc(NC(=O)CCNC(=O)Cc2ccccc2)c1. The standard InChI is InChI=1S/C20H24N4O3/c1-2-21-20(27)24-17-10-6-9-16(14-17)23-18(25)11-12-22-19(26)13-15-7-4-3-5-8-15/h3-10,14H,2,11-13H2,1H3,(H,22,26)(H,23,25)(H2,21,24,27). The highest BCUT2D eigenvalue weighted by molar-refractivity contribution is 5.93. The number of hydrogen-bond donors (Lipinski definition) is 4. The molecule has 2 aromatic rings. The van der Waals surface area contributed by atoms with E-state index in [9.17, 15) is 14.4 Å². The summed E-state index contributed by atoms with van der Waals surface area (Å²) in [6.45, 7) is 2.61. The average Bonchev–Trinajstić information content (AvgIpc) is 2.63. The molecule has 0 aliphatic rings. The number of rotatable bonds is 8. The van der Waals surface area contributed by atoms with Gasteiger partial charge in [0, 0.05) is 30.9 Å². The lowest BCUT2D eigenvalue weighted by Crippen LogP contribution is -2.29. The maximum absolute atomic E-state index is 12.0. The Labute approximate surface area is 158 Å². The van der Waals surface area contributed by atoms with Crippen LogP contribution in [0.4, 0.5) is 16.2 Å². The first kappa shape index (κ1) is 20.0. The third kappa shape index (κ3) is 7.60. The van der Waals surface area contributed by atoms with Crippen LogP contribution in [0.1, 0.15) is 18.9 Å². The Bertz CT molecular complexity index is 778. The van der Waals surface area contributed by atoms with Crippen LogP contribution in [0.15, 0.2) is 54.6 Å². The van der Waals surface area contributed by atoms with Crippen LogP contribution in [-0.2, 0) is 16.0 Å². The lowest BCUT2D eigenvalue weighted by Gasteiger charge is -2.09. The molecule has 4 amide bonds. The molecular weight excluding hydrogens is 344 g/mol. The number of urea groups is 1. The third-order valence-corrected chi connectivity index (χ3v) is 3.62. The molecule has 0 aliphatic carbocycles. The number of amides is 4. The van der Waals surface area contributed by atoms with Crippen molar-refractivity contribution in [2.24, 2.45) is 0 Å². The minimum atomic E-state index is -0.304. The summed E-state index contributed by atoms with van der Waals surface area (Å²) < 4.78 is 0. The number of hydrogen-bond acceptors (Lipinski definition) is 3. The molecule has 27 heavy (non-hydrogen) atoms. The van der Waals surface area contributed by atoms with Gasteiger partial charge in [0.2, 0.25) is 11.8 Å². The van der Waals surface area contributed by atoms with Gasteiger partial charge in [-0.2, -0.15) is 0 Å². The van der Waals surface area contributed by atoms with Crippen molar-refractivity contribution < 1.29 is 14.4 Å². The van der Waals surface area contributed by atoms with Crippen molar-refractivity contribution in [3.8, 4) is 0 Å². The fourth-order valence-corrected chi connectivity index (χ4v) is 2.39.